The van der Waals surface area contributed by atoms with Crippen LogP contribution in [0.4, 0.5) is 5.69 Å². The van der Waals surface area contributed by atoms with Crippen molar-refractivity contribution in [1.29, 1.82) is 0 Å². The van der Waals surface area contributed by atoms with Gasteiger partial charge in [-0.15, -0.1) is 24.9 Å². The Kier molecular flexibility index (Phi) is 9.74. The van der Waals surface area contributed by atoms with Crippen molar-refractivity contribution in [3.63, 3.8) is 0 Å². The van der Waals surface area contributed by atoms with Crippen molar-refractivity contribution in [2.24, 2.45) is 23.7 Å². The lowest BCUT2D eigenvalue weighted by Crippen LogP contribution is -2.60. The second-order valence-corrected chi connectivity index (χ2v) is 13.8. The maximum absolute atomic E-state index is 14.9. The average Bonchev–Trinajstić information content (AvgIpc) is 3.52. The summed E-state index contributed by atoms with van der Waals surface area (Å²) in [6.45, 7) is 18.0. The monoisotopic (exact) mass is 582 g/mol. The molecule has 7 nitrogen and oxygen atoms in total. The Morgan fingerprint density at radius 2 is 1.98 bits per heavy atom. The fourth-order valence-electron chi connectivity index (χ4n) is 7.24. The third-order valence-corrected chi connectivity index (χ3v) is 11.4. The number of aryl methyl sites for hydroxylation is 2. The summed E-state index contributed by atoms with van der Waals surface area (Å²) in [4.78, 5) is 46.3. The van der Waals surface area contributed by atoms with Gasteiger partial charge in [-0.1, -0.05) is 45.1 Å². The number of allylic oxidation sites excluding steroid dienone is 1. The molecule has 1 aromatic rings. The number of anilines is 1. The molecule has 0 radical (unpaired) electrons. The SMILES string of the molecule is C=CCCCCOC(=O)[C@@H]1[C@H]2C(=O)N([C@@H](CO)C(C)C)C(C(=O)N(CC=C)c3cc(C)ccc3C)C23S[C@@H]1CC3C. The van der Waals surface area contributed by atoms with Crippen molar-refractivity contribution in [2.45, 2.75) is 82.4 Å². The van der Waals surface area contributed by atoms with Crippen LogP contribution < -0.4 is 4.90 Å². The van der Waals surface area contributed by atoms with E-state index in [0.29, 0.717) is 6.61 Å². The smallest absolute Gasteiger partial charge is 0.310 e. The van der Waals surface area contributed by atoms with Crippen LogP contribution in [0.25, 0.3) is 0 Å². The van der Waals surface area contributed by atoms with E-state index in [-0.39, 0.29) is 48.0 Å². The standard InChI is InChI=1S/C33H46N2O5S/c1-8-10-11-12-16-40-32(39)27-26-18-23(7)33(41-26)28(27)30(37)35(25(19-36)20(3)4)29(33)31(38)34(15-9-2)24-17-21(5)13-14-22(24)6/h8-9,13-14,17,20,23,25-29,36H,1-2,10-12,15-16,18-19H2,3-7H3/t23?,25-,26+,27-,28-,29?,33?/m0/s1. The highest BCUT2D eigenvalue weighted by Gasteiger charge is 2.77. The fourth-order valence-corrected chi connectivity index (χ4v) is 9.63. The first kappa shape index (κ1) is 31.4. The number of aliphatic hydroxyl groups excluding tert-OH is 1. The zero-order chi connectivity index (χ0) is 30.1. The summed E-state index contributed by atoms with van der Waals surface area (Å²) in [5, 5.41) is 10.4. The van der Waals surface area contributed by atoms with Crippen LogP contribution in [0.15, 0.2) is 43.5 Å². The molecular weight excluding hydrogens is 536 g/mol. The number of nitrogens with zero attached hydrogens (tertiary/aromatic N) is 2. The lowest BCUT2D eigenvalue weighted by atomic mass is 9.66. The zero-order valence-electron chi connectivity index (χ0n) is 25.2. The normalized spacial score (nSPS) is 29.0. The molecular formula is C33H46N2O5S. The van der Waals surface area contributed by atoms with Gasteiger partial charge in [-0.05, 0) is 68.6 Å². The summed E-state index contributed by atoms with van der Waals surface area (Å²) in [7, 11) is 0. The topological polar surface area (TPSA) is 87.1 Å². The van der Waals surface area contributed by atoms with Crippen LogP contribution in [0, 0.1) is 37.5 Å². The van der Waals surface area contributed by atoms with E-state index >= 15 is 0 Å². The third-order valence-electron chi connectivity index (χ3n) is 9.28. The molecule has 0 aromatic heterocycles. The number of thioether (sulfide) groups is 1. The molecule has 2 amide bonds. The number of aliphatic hydroxyl groups is 1. The predicted molar refractivity (Wildman–Crippen MR) is 165 cm³/mol. The summed E-state index contributed by atoms with van der Waals surface area (Å²) < 4.78 is 4.96. The molecule has 1 spiro atoms. The van der Waals surface area contributed by atoms with Gasteiger partial charge in [-0.25, -0.2) is 0 Å². The van der Waals surface area contributed by atoms with E-state index in [1.807, 2.05) is 52.0 Å². The Bertz CT molecular complexity index is 1180. The van der Waals surface area contributed by atoms with Crippen LogP contribution in [-0.4, -0.2) is 69.6 Å². The van der Waals surface area contributed by atoms with Gasteiger partial charge in [0.2, 0.25) is 5.91 Å². The van der Waals surface area contributed by atoms with Crippen molar-refractivity contribution in [3.05, 3.63) is 54.6 Å². The molecule has 4 rings (SSSR count). The number of hydrogen-bond donors (Lipinski definition) is 1. The number of esters is 1. The third kappa shape index (κ3) is 5.38. The molecule has 0 aliphatic carbocycles. The van der Waals surface area contributed by atoms with Gasteiger partial charge in [-0.3, -0.25) is 14.4 Å². The highest BCUT2D eigenvalue weighted by atomic mass is 32.2. The molecule has 41 heavy (non-hydrogen) atoms. The number of carbonyl (C=O) groups excluding carboxylic acids is 3. The van der Waals surface area contributed by atoms with Gasteiger partial charge < -0.3 is 19.6 Å². The lowest BCUT2D eigenvalue weighted by Gasteiger charge is -2.43. The molecule has 7 atom stereocenters. The maximum atomic E-state index is 14.9. The van der Waals surface area contributed by atoms with Crippen molar-refractivity contribution in [3.8, 4) is 0 Å². The second-order valence-electron chi connectivity index (χ2n) is 12.3. The number of hydrogen-bond acceptors (Lipinski definition) is 6. The van der Waals surface area contributed by atoms with E-state index in [2.05, 4.69) is 20.1 Å². The van der Waals surface area contributed by atoms with E-state index in [1.165, 1.54) is 0 Å². The molecule has 3 unspecified atom stereocenters. The predicted octanol–water partition coefficient (Wildman–Crippen LogP) is 5.08. The summed E-state index contributed by atoms with van der Waals surface area (Å²) in [5.41, 5.74) is 2.76. The number of fused-ring (bicyclic) bond motifs is 1. The average molecular weight is 583 g/mol. The Labute approximate surface area is 249 Å². The van der Waals surface area contributed by atoms with Gasteiger partial charge in [0, 0.05) is 17.5 Å². The Morgan fingerprint density at radius 3 is 2.61 bits per heavy atom. The maximum Gasteiger partial charge on any atom is 0.310 e. The van der Waals surface area contributed by atoms with Crippen molar-refractivity contribution in [1.82, 2.24) is 4.90 Å². The molecule has 1 N–H and O–H groups in total. The van der Waals surface area contributed by atoms with Crippen LogP contribution in [-0.2, 0) is 19.1 Å². The fraction of sp³-hybridized carbons (Fsp3) is 0.606. The molecule has 224 valence electrons. The van der Waals surface area contributed by atoms with E-state index < -0.39 is 28.7 Å². The minimum atomic E-state index is -0.824. The molecule has 0 saturated carbocycles. The number of amides is 2. The molecule has 2 bridgehead atoms. The van der Waals surface area contributed by atoms with Gasteiger partial charge in [0.1, 0.15) is 6.04 Å². The molecule has 3 heterocycles. The van der Waals surface area contributed by atoms with Gasteiger partial charge in [0.25, 0.3) is 5.91 Å². The van der Waals surface area contributed by atoms with Gasteiger partial charge >= 0.3 is 5.97 Å². The minimum absolute atomic E-state index is 0.0257. The molecule has 3 aliphatic heterocycles. The number of benzene rings is 1. The van der Waals surface area contributed by atoms with E-state index in [1.54, 1.807) is 27.6 Å². The molecule has 3 aliphatic rings. The van der Waals surface area contributed by atoms with Crippen LogP contribution in [0.5, 0.6) is 0 Å². The number of rotatable bonds is 13. The molecule has 3 fully saturated rings. The first-order chi connectivity index (χ1) is 19.5. The van der Waals surface area contributed by atoms with Crippen LogP contribution in [0.1, 0.15) is 57.6 Å². The van der Waals surface area contributed by atoms with Crippen LogP contribution in [0.3, 0.4) is 0 Å². The van der Waals surface area contributed by atoms with Crippen molar-refractivity contribution in [2.75, 3.05) is 24.7 Å². The largest absolute Gasteiger partial charge is 0.465 e. The summed E-state index contributed by atoms with van der Waals surface area (Å²) in [5.74, 6) is -2.09. The highest BCUT2D eigenvalue weighted by Crippen LogP contribution is 2.69. The van der Waals surface area contributed by atoms with Gasteiger partial charge in [0.05, 0.1) is 35.8 Å². The lowest BCUT2D eigenvalue weighted by molar-refractivity contribution is -0.155. The molecule has 3 saturated heterocycles. The zero-order valence-corrected chi connectivity index (χ0v) is 26.0. The van der Waals surface area contributed by atoms with E-state index in [9.17, 15) is 19.5 Å². The summed E-state index contributed by atoms with van der Waals surface area (Å²) in [6.07, 6.45) is 6.77. The molecule has 8 heteroatoms. The Morgan fingerprint density at radius 1 is 1.24 bits per heavy atom. The first-order valence-corrected chi connectivity index (χ1v) is 15.8. The van der Waals surface area contributed by atoms with E-state index in [0.717, 1.165) is 42.5 Å². The van der Waals surface area contributed by atoms with E-state index in [4.69, 9.17) is 4.74 Å². The number of carbonyl (C=O) groups is 3. The minimum Gasteiger partial charge on any atom is -0.465 e. The van der Waals surface area contributed by atoms with Crippen molar-refractivity contribution < 1.29 is 24.2 Å². The van der Waals surface area contributed by atoms with Crippen LogP contribution >= 0.6 is 11.8 Å². The van der Waals surface area contributed by atoms with Crippen molar-refractivity contribution >= 4 is 35.2 Å². The number of likely N-dealkylation sites (tertiary alicyclic amines) is 1. The van der Waals surface area contributed by atoms with Crippen LogP contribution in [0.2, 0.25) is 0 Å². The number of unbranched alkanes of at least 4 members (excludes halogenated alkanes) is 2. The second kappa shape index (κ2) is 12.7. The highest BCUT2D eigenvalue weighted by molar-refractivity contribution is 8.02. The quantitative estimate of drug-likeness (QED) is 0.198. The van der Waals surface area contributed by atoms with Gasteiger partial charge in [-0.2, -0.15) is 0 Å². The Hall–Kier alpha value is -2.58. The summed E-state index contributed by atoms with van der Waals surface area (Å²) in [6, 6.07) is 4.63. The van der Waals surface area contributed by atoms with Gasteiger partial charge in [0.15, 0.2) is 0 Å². The number of ether oxygens (including phenoxy) is 1. The Balaban J connectivity index is 1.78. The first-order valence-electron chi connectivity index (χ1n) is 14.9. The molecule has 1 aromatic carbocycles. The summed E-state index contributed by atoms with van der Waals surface area (Å²) >= 11 is 1.63.